The molecule has 0 atom stereocenters. The lowest BCUT2D eigenvalue weighted by molar-refractivity contribution is 0.284. The molecule has 0 aromatic heterocycles. The highest BCUT2D eigenvalue weighted by Crippen LogP contribution is 2.31. The Morgan fingerprint density at radius 3 is 2.25 bits per heavy atom. The van der Waals surface area contributed by atoms with E-state index in [4.69, 9.17) is 18.9 Å². The van der Waals surface area contributed by atoms with Crippen molar-refractivity contribution in [3.8, 4) is 23.0 Å². The minimum atomic E-state index is -3.93. The van der Waals surface area contributed by atoms with Crippen LogP contribution in [-0.2, 0) is 16.6 Å². The second-order valence-electron chi connectivity index (χ2n) is 6.52. The van der Waals surface area contributed by atoms with Crippen LogP contribution in [-0.4, -0.2) is 36.0 Å². The predicted octanol–water partition coefficient (Wildman–Crippen LogP) is 3.60. The number of rotatable bonds is 10. The van der Waals surface area contributed by atoms with Crippen LogP contribution in [0.25, 0.3) is 0 Å². The maximum atomic E-state index is 12.6. The van der Waals surface area contributed by atoms with Crippen molar-refractivity contribution in [2.75, 3.05) is 21.3 Å². The molecule has 0 fully saturated rings. The zero-order valence-electron chi connectivity index (χ0n) is 17.9. The van der Waals surface area contributed by atoms with Crippen LogP contribution >= 0.6 is 0 Å². The molecule has 0 aliphatic heterocycles. The summed E-state index contributed by atoms with van der Waals surface area (Å²) in [6.07, 6.45) is 1.36. The van der Waals surface area contributed by atoms with Gasteiger partial charge in [-0.15, -0.1) is 0 Å². The molecule has 3 rings (SSSR count). The van der Waals surface area contributed by atoms with Crippen LogP contribution in [0.2, 0.25) is 0 Å². The summed E-state index contributed by atoms with van der Waals surface area (Å²) >= 11 is 0. The Bertz CT molecular complexity index is 1180. The molecule has 3 aromatic rings. The van der Waals surface area contributed by atoms with Crippen molar-refractivity contribution < 1.29 is 27.4 Å². The van der Waals surface area contributed by atoms with Gasteiger partial charge in [-0.3, -0.25) is 0 Å². The fraction of sp³-hybridized carbons (Fsp3) is 0.174. The number of methoxy groups -OCH3 is 3. The van der Waals surface area contributed by atoms with Crippen LogP contribution in [0.15, 0.2) is 76.7 Å². The van der Waals surface area contributed by atoms with Crippen LogP contribution < -0.4 is 23.8 Å². The molecule has 0 aliphatic rings. The monoisotopic (exact) mass is 456 g/mol. The molecule has 0 aliphatic carbocycles. The molecule has 0 amide bonds. The van der Waals surface area contributed by atoms with Gasteiger partial charge in [0.05, 0.1) is 32.4 Å². The summed E-state index contributed by atoms with van der Waals surface area (Å²) in [4.78, 5) is 2.18. The Morgan fingerprint density at radius 1 is 0.844 bits per heavy atom. The van der Waals surface area contributed by atoms with Crippen molar-refractivity contribution in [2.45, 2.75) is 11.5 Å². The number of nitrogens with one attached hydrogen (secondary N) is 1. The number of benzene rings is 3. The Morgan fingerprint density at radius 2 is 1.56 bits per heavy atom. The number of ether oxygens (including phenoxy) is 4. The molecular formula is C23H24N2O6S. The van der Waals surface area contributed by atoms with Crippen LogP contribution in [0.3, 0.4) is 0 Å². The van der Waals surface area contributed by atoms with Crippen LogP contribution in [0.4, 0.5) is 0 Å². The summed E-state index contributed by atoms with van der Waals surface area (Å²) in [6, 6.07) is 19.2. The minimum absolute atomic E-state index is 0.0153. The summed E-state index contributed by atoms with van der Waals surface area (Å²) < 4.78 is 46.9. The van der Waals surface area contributed by atoms with Crippen molar-refractivity contribution >= 4 is 16.2 Å². The van der Waals surface area contributed by atoms with Crippen molar-refractivity contribution in [1.82, 2.24) is 4.83 Å². The Balaban J connectivity index is 1.80. The number of nitrogens with zero attached hydrogens (tertiary/aromatic N) is 1. The van der Waals surface area contributed by atoms with Crippen molar-refractivity contribution in [3.63, 3.8) is 0 Å². The summed E-state index contributed by atoms with van der Waals surface area (Å²) in [7, 11) is 0.508. The highest BCUT2D eigenvalue weighted by molar-refractivity contribution is 7.89. The summed E-state index contributed by atoms with van der Waals surface area (Å²) in [5.41, 5.74) is 1.53. The normalized spacial score (nSPS) is 11.2. The SMILES string of the molecule is COc1ccc(S(=O)(=O)N/N=C/c2cccc(OC)c2OCc2ccccc2)cc1OC. The van der Waals surface area contributed by atoms with Crippen molar-refractivity contribution in [2.24, 2.45) is 5.10 Å². The van der Waals surface area contributed by atoms with Gasteiger partial charge in [-0.2, -0.15) is 13.5 Å². The summed E-state index contributed by atoms with van der Waals surface area (Å²) in [6.45, 7) is 0.319. The number of hydrazone groups is 1. The zero-order chi connectivity index (χ0) is 23.0. The highest BCUT2D eigenvalue weighted by atomic mass is 32.2. The predicted molar refractivity (Wildman–Crippen MR) is 121 cm³/mol. The van der Waals surface area contributed by atoms with Crippen LogP contribution in [0.1, 0.15) is 11.1 Å². The highest BCUT2D eigenvalue weighted by Gasteiger charge is 2.16. The molecule has 3 aromatic carbocycles. The van der Waals surface area contributed by atoms with Gasteiger partial charge in [0.25, 0.3) is 10.0 Å². The Hall–Kier alpha value is -3.72. The zero-order valence-corrected chi connectivity index (χ0v) is 18.8. The van der Waals surface area contributed by atoms with Crippen molar-refractivity contribution in [3.05, 3.63) is 77.9 Å². The first kappa shape index (κ1) is 23.0. The first-order chi connectivity index (χ1) is 15.5. The second kappa shape index (κ2) is 10.5. The maximum absolute atomic E-state index is 12.6. The van der Waals surface area contributed by atoms with Gasteiger partial charge in [0.1, 0.15) is 6.61 Å². The van der Waals surface area contributed by atoms with Gasteiger partial charge in [-0.1, -0.05) is 36.4 Å². The van der Waals surface area contributed by atoms with Gasteiger partial charge in [0.15, 0.2) is 23.0 Å². The van der Waals surface area contributed by atoms with E-state index in [1.54, 1.807) is 18.2 Å². The fourth-order valence-electron chi connectivity index (χ4n) is 2.88. The van der Waals surface area contributed by atoms with Gasteiger partial charge in [-0.05, 0) is 29.8 Å². The smallest absolute Gasteiger partial charge is 0.276 e. The summed E-state index contributed by atoms with van der Waals surface area (Å²) in [5.74, 6) is 1.68. The molecule has 0 heterocycles. The minimum Gasteiger partial charge on any atom is -0.493 e. The molecule has 32 heavy (non-hydrogen) atoms. The number of hydrogen-bond acceptors (Lipinski definition) is 7. The fourth-order valence-corrected chi connectivity index (χ4v) is 3.69. The van der Waals surface area contributed by atoms with Crippen LogP contribution in [0.5, 0.6) is 23.0 Å². The lowest BCUT2D eigenvalue weighted by atomic mass is 10.2. The maximum Gasteiger partial charge on any atom is 0.276 e. The van der Waals surface area contributed by atoms with E-state index in [1.165, 1.54) is 45.7 Å². The number of para-hydroxylation sites is 1. The van der Waals surface area contributed by atoms with E-state index < -0.39 is 10.0 Å². The van der Waals surface area contributed by atoms with E-state index in [2.05, 4.69) is 9.93 Å². The van der Waals surface area contributed by atoms with E-state index in [0.29, 0.717) is 35.2 Å². The van der Waals surface area contributed by atoms with E-state index in [1.807, 2.05) is 30.3 Å². The molecule has 0 unspecified atom stereocenters. The molecule has 8 nitrogen and oxygen atoms in total. The van der Waals surface area contributed by atoms with Crippen molar-refractivity contribution in [1.29, 1.82) is 0 Å². The average molecular weight is 457 g/mol. The molecule has 0 radical (unpaired) electrons. The van der Waals surface area contributed by atoms with Gasteiger partial charge < -0.3 is 18.9 Å². The number of sulfonamides is 1. The van der Waals surface area contributed by atoms with Gasteiger partial charge >= 0.3 is 0 Å². The summed E-state index contributed by atoms with van der Waals surface area (Å²) in [5, 5.41) is 3.91. The van der Waals surface area contributed by atoms with E-state index >= 15 is 0 Å². The third kappa shape index (κ3) is 5.50. The van der Waals surface area contributed by atoms with E-state index in [9.17, 15) is 8.42 Å². The molecule has 0 saturated carbocycles. The van der Waals surface area contributed by atoms with Gasteiger partial charge in [-0.25, -0.2) is 4.83 Å². The first-order valence-corrected chi connectivity index (χ1v) is 11.1. The van der Waals surface area contributed by atoms with Crippen LogP contribution in [0, 0.1) is 0 Å². The largest absolute Gasteiger partial charge is 0.493 e. The molecule has 0 bridgehead atoms. The average Bonchev–Trinajstić information content (AvgIpc) is 2.83. The molecule has 1 N–H and O–H groups in total. The van der Waals surface area contributed by atoms with Gasteiger partial charge in [0, 0.05) is 11.6 Å². The molecule has 168 valence electrons. The Labute approximate surface area is 187 Å². The van der Waals surface area contributed by atoms with E-state index in [-0.39, 0.29) is 4.90 Å². The van der Waals surface area contributed by atoms with Gasteiger partial charge in [0.2, 0.25) is 0 Å². The second-order valence-corrected chi connectivity index (χ2v) is 8.18. The first-order valence-electron chi connectivity index (χ1n) is 9.59. The molecule has 0 saturated heterocycles. The number of hydrogen-bond donors (Lipinski definition) is 1. The van der Waals surface area contributed by atoms with E-state index in [0.717, 1.165) is 5.56 Å². The standard InChI is InChI=1S/C23H24N2O6S/c1-28-20-13-12-19(14-22(20)30-3)32(26,27)25-24-15-18-10-7-11-21(29-2)23(18)31-16-17-8-5-4-6-9-17/h4-15,25H,16H2,1-3H3/b24-15+. The topological polar surface area (TPSA) is 95.5 Å². The lowest BCUT2D eigenvalue weighted by Gasteiger charge is -2.13. The molecule has 0 spiro atoms. The quantitative estimate of drug-likeness (QED) is 0.370. The molecule has 9 heteroatoms. The lowest BCUT2D eigenvalue weighted by Crippen LogP contribution is -2.18. The molecular weight excluding hydrogens is 432 g/mol. The third-order valence-electron chi connectivity index (χ3n) is 4.50. The Kier molecular flexibility index (Phi) is 7.56. The third-order valence-corrected chi connectivity index (χ3v) is 5.72.